The van der Waals surface area contributed by atoms with Crippen LogP contribution >= 0.6 is 11.6 Å². The maximum absolute atomic E-state index is 12.0. The first kappa shape index (κ1) is 15.3. The van der Waals surface area contributed by atoms with Crippen LogP contribution in [0.2, 0.25) is 5.02 Å². The van der Waals surface area contributed by atoms with Crippen molar-refractivity contribution >= 4 is 23.5 Å². The van der Waals surface area contributed by atoms with Crippen LogP contribution in [0.1, 0.15) is 31.1 Å². The third-order valence-corrected chi connectivity index (χ3v) is 2.83. The predicted octanol–water partition coefficient (Wildman–Crippen LogP) is 2.27. The fraction of sp³-hybridized carbons (Fsp3) is 0.385. The van der Waals surface area contributed by atoms with E-state index in [0.29, 0.717) is 0 Å². The van der Waals surface area contributed by atoms with E-state index in [1.165, 1.54) is 18.2 Å². The van der Waals surface area contributed by atoms with Gasteiger partial charge in [-0.3, -0.25) is 4.79 Å². The Balaban J connectivity index is 3.01. The van der Waals surface area contributed by atoms with Gasteiger partial charge >= 0.3 is 5.97 Å². The third kappa shape index (κ3) is 3.86. The number of benzene rings is 1. The zero-order valence-electron chi connectivity index (χ0n) is 10.9. The van der Waals surface area contributed by atoms with Crippen molar-refractivity contribution in [1.82, 2.24) is 5.32 Å². The van der Waals surface area contributed by atoms with Crippen LogP contribution in [0.5, 0.6) is 5.75 Å². The summed E-state index contributed by atoms with van der Waals surface area (Å²) in [6.45, 7) is 5.09. The second-order valence-corrected chi connectivity index (χ2v) is 5.71. The average molecular weight is 286 g/mol. The number of amides is 1. The molecule has 6 heteroatoms. The van der Waals surface area contributed by atoms with E-state index in [9.17, 15) is 14.7 Å². The summed E-state index contributed by atoms with van der Waals surface area (Å²) in [6.07, 6.45) is 0. The molecule has 0 bridgehead atoms. The molecule has 1 rings (SSSR count). The summed E-state index contributed by atoms with van der Waals surface area (Å²) < 4.78 is 0. The second-order valence-electron chi connectivity index (χ2n) is 5.27. The molecule has 0 saturated heterocycles. The predicted molar refractivity (Wildman–Crippen MR) is 71.5 cm³/mol. The maximum atomic E-state index is 12.0. The smallest absolute Gasteiger partial charge is 0.326 e. The second kappa shape index (κ2) is 5.48. The van der Waals surface area contributed by atoms with Crippen LogP contribution in [0.25, 0.3) is 0 Å². The lowest BCUT2D eigenvalue weighted by molar-refractivity contribution is -0.142. The molecule has 5 nitrogen and oxygen atoms in total. The fourth-order valence-electron chi connectivity index (χ4n) is 1.55. The van der Waals surface area contributed by atoms with Gasteiger partial charge in [-0.1, -0.05) is 32.4 Å². The first-order valence-electron chi connectivity index (χ1n) is 5.65. The molecule has 0 heterocycles. The number of aromatic hydroxyl groups is 1. The van der Waals surface area contributed by atoms with Gasteiger partial charge in [0.2, 0.25) is 0 Å². The van der Waals surface area contributed by atoms with Gasteiger partial charge in [0.25, 0.3) is 5.91 Å². The summed E-state index contributed by atoms with van der Waals surface area (Å²) in [5, 5.41) is 21.4. The molecule has 0 aromatic heterocycles. The molecule has 0 aliphatic carbocycles. The lowest BCUT2D eigenvalue weighted by Gasteiger charge is -2.27. The molecule has 1 atom stereocenters. The SMILES string of the molecule is CC(C)(C)[C@H](NC(=O)c1cc(Cl)ccc1O)C(=O)O. The maximum Gasteiger partial charge on any atom is 0.326 e. The quantitative estimate of drug-likeness (QED) is 0.795. The molecule has 1 aromatic carbocycles. The molecule has 1 amide bonds. The van der Waals surface area contributed by atoms with Crippen molar-refractivity contribution in [2.45, 2.75) is 26.8 Å². The minimum atomic E-state index is -1.14. The van der Waals surface area contributed by atoms with Crippen LogP contribution in [-0.2, 0) is 4.79 Å². The Labute approximate surface area is 116 Å². The number of halogens is 1. The molecule has 1 aromatic rings. The van der Waals surface area contributed by atoms with E-state index in [1.807, 2.05) is 0 Å². The van der Waals surface area contributed by atoms with E-state index < -0.39 is 23.3 Å². The van der Waals surface area contributed by atoms with E-state index >= 15 is 0 Å². The number of carboxylic acids is 1. The van der Waals surface area contributed by atoms with E-state index in [4.69, 9.17) is 16.7 Å². The Morgan fingerprint density at radius 1 is 1.32 bits per heavy atom. The van der Waals surface area contributed by atoms with Crippen molar-refractivity contribution in [2.75, 3.05) is 0 Å². The van der Waals surface area contributed by atoms with Gasteiger partial charge in [-0.15, -0.1) is 0 Å². The van der Waals surface area contributed by atoms with Crippen molar-refractivity contribution in [1.29, 1.82) is 0 Å². The van der Waals surface area contributed by atoms with Gasteiger partial charge in [0.1, 0.15) is 11.8 Å². The minimum absolute atomic E-state index is 0.0528. The Morgan fingerprint density at radius 2 is 1.89 bits per heavy atom. The van der Waals surface area contributed by atoms with Crippen LogP contribution in [0.4, 0.5) is 0 Å². The van der Waals surface area contributed by atoms with Gasteiger partial charge < -0.3 is 15.5 Å². The summed E-state index contributed by atoms with van der Waals surface area (Å²) in [5.41, 5.74) is -0.710. The molecule has 0 aliphatic heterocycles. The molecular weight excluding hydrogens is 270 g/mol. The van der Waals surface area contributed by atoms with Crippen LogP contribution < -0.4 is 5.32 Å². The molecule has 0 radical (unpaired) electrons. The first-order valence-corrected chi connectivity index (χ1v) is 6.03. The van der Waals surface area contributed by atoms with Crippen molar-refractivity contribution in [3.05, 3.63) is 28.8 Å². The number of carbonyl (C=O) groups is 2. The van der Waals surface area contributed by atoms with Gasteiger partial charge in [0.05, 0.1) is 5.56 Å². The highest BCUT2D eigenvalue weighted by Crippen LogP contribution is 2.24. The number of nitrogens with one attached hydrogen (secondary N) is 1. The Morgan fingerprint density at radius 3 is 2.37 bits per heavy atom. The van der Waals surface area contributed by atoms with E-state index in [1.54, 1.807) is 20.8 Å². The zero-order chi connectivity index (χ0) is 14.8. The van der Waals surface area contributed by atoms with Gasteiger partial charge in [0, 0.05) is 5.02 Å². The van der Waals surface area contributed by atoms with Gasteiger partial charge in [-0.05, 0) is 23.6 Å². The standard InChI is InChI=1S/C13H16ClNO4/c1-13(2,3)10(12(18)19)15-11(17)8-6-7(14)4-5-9(8)16/h4-6,10,16H,1-3H3,(H,15,17)(H,18,19)/t10-/m1/s1. The summed E-state index contributed by atoms with van der Waals surface area (Å²) in [4.78, 5) is 23.1. The first-order chi connectivity index (χ1) is 8.62. The van der Waals surface area contributed by atoms with Crippen molar-refractivity contribution < 1.29 is 19.8 Å². The van der Waals surface area contributed by atoms with Gasteiger partial charge in [0.15, 0.2) is 0 Å². The highest BCUT2D eigenvalue weighted by Gasteiger charge is 2.33. The molecule has 104 valence electrons. The average Bonchev–Trinajstić information content (AvgIpc) is 2.26. The van der Waals surface area contributed by atoms with Gasteiger partial charge in [-0.25, -0.2) is 4.79 Å². The Kier molecular flexibility index (Phi) is 4.42. The fourth-order valence-corrected chi connectivity index (χ4v) is 1.72. The largest absolute Gasteiger partial charge is 0.507 e. The van der Waals surface area contributed by atoms with Crippen LogP contribution in [-0.4, -0.2) is 28.1 Å². The summed E-state index contributed by atoms with van der Waals surface area (Å²) in [6, 6.07) is 2.93. The monoisotopic (exact) mass is 285 g/mol. The van der Waals surface area contributed by atoms with E-state index in [-0.39, 0.29) is 16.3 Å². The topological polar surface area (TPSA) is 86.6 Å². The summed E-state index contributed by atoms with van der Waals surface area (Å²) in [5.74, 6) is -2.07. The molecule has 0 saturated carbocycles. The van der Waals surface area contributed by atoms with Crippen LogP contribution in [0, 0.1) is 5.41 Å². The van der Waals surface area contributed by atoms with E-state index in [0.717, 1.165) is 0 Å². The minimum Gasteiger partial charge on any atom is -0.507 e. The van der Waals surface area contributed by atoms with Crippen molar-refractivity contribution in [3.63, 3.8) is 0 Å². The molecule has 3 N–H and O–H groups in total. The van der Waals surface area contributed by atoms with Crippen molar-refractivity contribution in [3.8, 4) is 5.75 Å². The van der Waals surface area contributed by atoms with Crippen molar-refractivity contribution in [2.24, 2.45) is 5.41 Å². The molecule has 19 heavy (non-hydrogen) atoms. The lowest BCUT2D eigenvalue weighted by Crippen LogP contribution is -2.49. The Hall–Kier alpha value is -1.75. The number of hydrogen-bond donors (Lipinski definition) is 3. The molecule has 0 spiro atoms. The number of phenols is 1. The highest BCUT2D eigenvalue weighted by molar-refractivity contribution is 6.31. The normalized spacial score (nSPS) is 12.8. The summed E-state index contributed by atoms with van der Waals surface area (Å²) in [7, 11) is 0. The van der Waals surface area contributed by atoms with Gasteiger partial charge in [-0.2, -0.15) is 0 Å². The van der Waals surface area contributed by atoms with Crippen LogP contribution in [0.3, 0.4) is 0 Å². The number of hydrogen-bond acceptors (Lipinski definition) is 3. The number of rotatable bonds is 3. The number of carboxylic acid groups (broad SMARTS) is 1. The lowest BCUT2D eigenvalue weighted by atomic mass is 9.86. The molecule has 0 aliphatic rings. The third-order valence-electron chi connectivity index (χ3n) is 2.59. The molecule has 0 unspecified atom stereocenters. The molecule has 0 fully saturated rings. The molecular formula is C13H16ClNO4. The van der Waals surface area contributed by atoms with E-state index in [2.05, 4.69) is 5.32 Å². The Bertz CT molecular complexity index is 508. The number of aliphatic carboxylic acids is 1. The summed E-state index contributed by atoms with van der Waals surface area (Å²) >= 11 is 5.74. The highest BCUT2D eigenvalue weighted by atomic mass is 35.5. The zero-order valence-corrected chi connectivity index (χ0v) is 11.7. The van der Waals surface area contributed by atoms with Crippen LogP contribution in [0.15, 0.2) is 18.2 Å². The number of phenolic OH excluding ortho intramolecular Hbond substituents is 1. The number of carbonyl (C=O) groups excluding carboxylic acids is 1.